The van der Waals surface area contributed by atoms with Crippen LogP contribution in [0.25, 0.3) is 0 Å². The third-order valence-corrected chi connectivity index (χ3v) is 3.05. The number of ketones is 1. The first-order valence-corrected chi connectivity index (χ1v) is 6.16. The van der Waals surface area contributed by atoms with E-state index in [0.29, 0.717) is 24.2 Å². The zero-order valence-electron chi connectivity index (χ0n) is 11.3. The van der Waals surface area contributed by atoms with Gasteiger partial charge in [-0.05, 0) is 13.3 Å². The molecule has 18 heavy (non-hydrogen) atoms. The highest BCUT2D eigenvalue weighted by atomic mass is 16.6. The van der Waals surface area contributed by atoms with Crippen LogP contribution in [0.5, 0.6) is 0 Å². The predicted molar refractivity (Wildman–Crippen MR) is 67.6 cm³/mol. The first kappa shape index (κ1) is 14.3. The van der Waals surface area contributed by atoms with Crippen LogP contribution in [0.2, 0.25) is 0 Å². The summed E-state index contributed by atoms with van der Waals surface area (Å²) in [5, 5.41) is 15.4. The van der Waals surface area contributed by atoms with Gasteiger partial charge in [-0.15, -0.1) is 0 Å². The van der Waals surface area contributed by atoms with Crippen LogP contribution >= 0.6 is 0 Å². The van der Waals surface area contributed by atoms with Crippen LogP contribution in [0, 0.1) is 10.1 Å². The molecule has 0 fully saturated rings. The SMILES string of the molecule is CCCc1nn(C)c(C(C)C(=O)CC)c1[N+](=O)[O-]. The zero-order valence-corrected chi connectivity index (χ0v) is 11.3. The van der Waals surface area contributed by atoms with E-state index >= 15 is 0 Å². The van der Waals surface area contributed by atoms with E-state index < -0.39 is 10.8 Å². The number of hydrogen-bond donors (Lipinski definition) is 0. The Hall–Kier alpha value is -1.72. The van der Waals surface area contributed by atoms with Crippen LogP contribution in [-0.2, 0) is 18.3 Å². The van der Waals surface area contributed by atoms with Gasteiger partial charge in [0.05, 0.1) is 10.8 Å². The summed E-state index contributed by atoms with van der Waals surface area (Å²) in [6.45, 7) is 5.40. The summed E-state index contributed by atoms with van der Waals surface area (Å²) < 4.78 is 1.47. The average Bonchev–Trinajstić information content (AvgIpc) is 2.64. The van der Waals surface area contributed by atoms with Crippen molar-refractivity contribution in [3.8, 4) is 0 Å². The molecule has 6 nitrogen and oxygen atoms in total. The zero-order chi connectivity index (χ0) is 13.9. The van der Waals surface area contributed by atoms with Gasteiger partial charge in [-0.1, -0.05) is 20.3 Å². The van der Waals surface area contributed by atoms with Crippen LogP contribution in [0.4, 0.5) is 5.69 Å². The van der Waals surface area contributed by atoms with Gasteiger partial charge in [-0.2, -0.15) is 5.10 Å². The number of Topliss-reactive ketones (excluding diaryl/α,β-unsaturated/α-hetero) is 1. The molecule has 1 rings (SSSR count). The lowest BCUT2D eigenvalue weighted by molar-refractivity contribution is -0.386. The summed E-state index contributed by atoms with van der Waals surface area (Å²) in [6, 6.07) is 0. The van der Waals surface area contributed by atoms with Gasteiger partial charge in [0, 0.05) is 13.5 Å². The molecule has 1 heterocycles. The summed E-state index contributed by atoms with van der Waals surface area (Å²) in [5.74, 6) is -0.498. The van der Waals surface area contributed by atoms with E-state index in [1.54, 1.807) is 20.9 Å². The normalized spacial score (nSPS) is 12.4. The van der Waals surface area contributed by atoms with E-state index in [2.05, 4.69) is 5.10 Å². The molecule has 0 aromatic carbocycles. The molecule has 0 spiro atoms. The van der Waals surface area contributed by atoms with Gasteiger partial charge in [-0.3, -0.25) is 19.6 Å². The second-order valence-electron chi connectivity index (χ2n) is 4.35. The number of aromatic nitrogens is 2. The van der Waals surface area contributed by atoms with Crippen LogP contribution in [-0.4, -0.2) is 20.5 Å². The largest absolute Gasteiger partial charge is 0.314 e. The lowest BCUT2D eigenvalue weighted by Gasteiger charge is -2.08. The molecule has 0 radical (unpaired) electrons. The summed E-state index contributed by atoms with van der Waals surface area (Å²) in [4.78, 5) is 22.5. The second kappa shape index (κ2) is 5.75. The molecule has 1 atom stereocenters. The molecule has 0 amide bonds. The van der Waals surface area contributed by atoms with Gasteiger partial charge in [0.25, 0.3) is 0 Å². The van der Waals surface area contributed by atoms with Crippen molar-refractivity contribution in [1.29, 1.82) is 0 Å². The van der Waals surface area contributed by atoms with Crippen LogP contribution in [0.1, 0.15) is 50.9 Å². The van der Waals surface area contributed by atoms with Crippen molar-refractivity contribution < 1.29 is 9.72 Å². The molecule has 1 aromatic rings. The molecule has 0 aliphatic rings. The van der Waals surface area contributed by atoms with Crippen molar-refractivity contribution in [2.75, 3.05) is 0 Å². The van der Waals surface area contributed by atoms with E-state index in [1.807, 2.05) is 6.92 Å². The highest BCUT2D eigenvalue weighted by Gasteiger charge is 2.31. The Kier molecular flexibility index (Phi) is 4.58. The minimum atomic E-state index is -0.487. The minimum Gasteiger partial charge on any atom is -0.299 e. The average molecular weight is 253 g/mol. The van der Waals surface area contributed by atoms with Crippen LogP contribution in [0.15, 0.2) is 0 Å². The number of aryl methyl sites for hydroxylation is 2. The van der Waals surface area contributed by atoms with Gasteiger partial charge in [0.15, 0.2) is 0 Å². The number of hydrogen-bond acceptors (Lipinski definition) is 4. The van der Waals surface area contributed by atoms with Gasteiger partial charge in [0.1, 0.15) is 17.2 Å². The van der Waals surface area contributed by atoms with Crippen LogP contribution < -0.4 is 0 Å². The van der Waals surface area contributed by atoms with Crippen LogP contribution in [0.3, 0.4) is 0 Å². The maximum Gasteiger partial charge on any atom is 0.314 e. The maximum absolute atomic E-state index is 11.7. The molecular formula is C12H19N3O3. The monoisotopic (exact) mass is 253 g/mol. The first-order valence-electron chi connectivity index (χ1n) is 6.16. The fourth-order valence-corrected chi connectivity index (χ4v) is 2.13. The lowest BCUT2D eigenvalue weighted by atomic mass is 9.98. The van der Waals surface area contributed by atoms with E-state index in [1.165, 1.54) is 4.68 Å². The van der Waals surface area contributed by atoms with E-state index in [4.69, 9.17) is 0 Å². The van der Waals surface area contributed by atoms with Crippen molar-refractivity contribution in [3.05, 3.63) is 21.5 Å². The lowest BCUT2D eigenvalue weighted by Crippen LogP contribution is -2.13. The van der Waals surface area contributed by atoms with Crippen molar-refractivity contribution in [1.82, 2.24) is 9.78 Å². The molecule has 6 heteroatoms. The summed E-state index contributed by atoms with van der Waals surface area (Å²) >= 11 is 0. The summed E-state index contributed by atoms with van der Waals surface area (Å²) in [6.07, 6.45) is 1.71. The fourth-order valence-electron chi connectivity index (χ4n) is 2.13. The Morgan fingerprint density at radius 1 is 1.50 bits per heavy atom. The maximum atomic E-state index is 11.7. The van der Waals surface area contributed by atoms with Crippen molar-refractivity contribution >= 4 is 11.5 Å². The smallest absolute Gasteiger partial charge is 0.299 e. The van der Waals surface area contributed by atoms with Gasteiger partial charge in [-0.25, -0.2) is 0 Å². The Bertz CT molecular complexity index is 465. The van der Waals surface area contributed by atoms with E-state index in [-0.39, 0.29) is 11.5 Å². The third-order valence-electron chi connectivity index (χ3n) is 3.05. The summed E-state index contributed by atoms with van der Waals surface area (Å²) in [5.41, 5.74) is 0.889. The predicted octanol–water partition coefficient (Wildman–Crippen LogP) is 2.36. The molecule has 1 unspecified atom stereocenters. The van der Waals surface area contributed by atoms with Crippen molar-refractivity contribution in [2.45, 2.75) is 46.0 Å². The second-order valence-corrected chi connectivity index (χ2v) is 4.35. The molecule has 0 aliphatic heterocycles. The van der Waals surface area contributed by atoms with Gasteiger partial charge < -0.3 is 0 Å². The van der Waals surface area contributed by atoms with Crippen molar-refractivity contribution in [3.63, 3.8) is 0 Å². The number of carbonyl (C=O) groups excluding carboxylic acids is 1. The molecule has 0 bridgehead atoms. The quantitative estimate of drug-likeness (QED) is 0.576. The number of carbonyl (C=O) groups is 1. The first-order chi connectivity index (χ1) is 8.43. The van der Waals surface area contributed by atoms with Crippen molar-refractivity contribution in [2.24, 2.45) is 7.05 Å². The Labute approximate surface area is 106 Å². The van der Waals surface area contributed by atoms with Gasteiger partial charge in [0.2, 0.25) is 0 Å². The highest BCUT2D eigenvalue weighted by Crippen LogP contribution is 2.31. The van der Waals surface area contributed by atoms with E-state index in [0.717, 1.165) is 6.42 Å². The number of rotatable bonds is 6. The molecule has 1 aromatic heterocycles. The summed E-state index contributed by atoms with van der Waals surface area (Å²) in [7, 11) is 1.65. The standard InChI is InChI=1S/C12H19N3O3/c1-5-7-9-12(15(17)18)11(14(4)13-9)8(3)10(16)6-2/h8H,5-7H2,1-4H3. The number of nitrogens with zero attached hydrogens (tertiary/aromatic N) is 3. The molecule has 0 aliphatic carbocycles. The van der Waals surface area contributed by atoms with Gasteiger partial charge >= 0.3 is 5.69 Å². The molecule has 0 saturated carbocycles. The Balaban J connectivity index is 3.33. The molecule has 100 valence electrons. The minimum absolute atomic E-state index is 0.00801. The number of nitro groups is 1. The molecule has 0 N–H and O–H groups in total. The third kappa shape index (κ3) is 2.57. The van der Waals surface area contributed by atoms with E-state index in [9.17, 15) is 14.9 Å². The Morgan fingerprint density at radius 3 is 2.56 bits per heavy atom. The molecule has 0 saturated heterocycles. The molecular weight excluding hydrogens is 234 g/mol. The highest BCUT2D eigenvalue weighted by molar-refractivity contribution is 5.85. The topological polar surface area (TPSA) is 78.0 Å². The fraction of sp³-hybridized carbons (Fsp3) is 0.667. The Morgan fingerprint density at radius 2 is 2.11 bits per heavy atom.